The molecule has 2 aromatic carbocycles. The first kappa shape index (κ1) is 15.6. The number of carbonyl (C=O) groups is 2. The van der Waals surface area contributed by atoms with Crippen LogP contribution in [0.25, 0.3) is 11.0 Å². The number of para-hydroxylation sites is 1. The van der Waals surface area contributed by atoms with Crippen LogP contribution in [0.4, 0.5) is 5.69 Å². The first-order chi connectivity index (χ1) is 11.6. The van der Waals surface area contributed by atoms with Crippen LogP contribution in [-0.2, 0) is 4.74 Å². The van der Waals surface area contributed by atoms with Crippen molar-refractivity contribution in [3.05, 3.63) is 65.5 Å². The van der Waals surface area contributed by atoms with Crippen molar-refractivity contribution in [3.63, 3.8) is 0 Å². The highest BCUT2D eigenvalue weighted by molar-refractivity contribution is 6.04. The fourth-order valence-corrected chi connectivity index (χ4v) is 2.31. The topological polar surface area (TPSA) is 81.2 Å². The van der Waals surface area contributed by atoms with Gasteiger partial charge >= 0.3 is 5.97 Å². The molecular formula is C18H15N3O3. The van der Waals surface area contributed by atoms with Gasteiger partial charge in [0.15, 0.2) is 0 Å². The fraction of sp³-hybridized carbons (Fsp3) is 0.111. The lowest BCUT2D eigenvalue weighted by Gasteiger charge is -2.08. The molecule has 0 fully saturated rings. The van der Waals surface area contributed by atoms with Crippen molar-refractivity contribution in [2.45, 2.75) is 6.92 Å². The van der Waals surface area contributed by atoms with Crippen LogP contribution in [0.2, 0.25) is 0 Å². The molecule has 1 N–H and O–H groups in total. The number of hydrogen-bond donors (Lipinski definition) is 1. The third kappa shape index (κ3) is 3.08. The molecule has 3 rings (SSSR count). The van der Waals surface area contributed by atoms with Gasteiger partial charge in [0, 0.05) is 5.69 Å². The number of aryl methyl sites for hydroxylation is 1. The number of carbonyl (C=O) groups excluding carboxylic acids is 2. The highest BCUT2D eigenvalue weighted by Gasteiger charge is 2.15. The molecule has 6 nitrogen and oxygen atoms in total. The normalized spacial score (nSPS) is 10.4. The van der Waals surface area contributed by atoms with Crippen LogP contribution in [0.5, 0.6) is 0 Å². The second kappa shape index (κ2) is 6.45. The van der Waals surface area contributed by atoms with Gasteiger partial charge in [-0.3, -0.25) is 4.79 Å². The summed E-state index contributed by atoms with van der Waals surface area (Å²) in [5.74, 6) is -0.814. The van der Waals surface area contributed by atoms with Crippen molar-refractivity contribution in [3.8, 4) is 0 Å². The van der Waals surface area contributed by atoms with Crippen LogP contribution < -0.4 is 5.32 Å². The molecule has 0 unspecified atom stereocenters. The molecule has 1 aromatic heterocycles. The second-order valence-electron chi connectivity index (χ2n) is 5.17. The number of anilines is 1. The standard InChI is InChI=1S/C18H15N3O3/c1-11-16(17(22)20-13-6-4-3-5-7-13)21-15-10-12(18(23)24-2)8-9-14(15)19-11/h3-10H,1-2H3,(H,20,22). The molecule has 0 atom stereocenters. The van der Waals surface area contributed by atoms with Crippen molar-refractivity contribution in [2.24, 2.45) is 0 Å². The van der Waals surface area contributed by atoms with Gasteiger partial charge in [0.1, 0.15) is 5.69 Å². The van der Waals surface area contributed by atoms with E-state index in [1.807, 2.05) is 18.2 Å². The zero-order chi connectivity index (χ0) is 17.1. The van der Waals surface area contributed by atoms with E-state index in [9.17, 15) is 9.59 Å². The lowest BCUT2D eigenvalue weighted by Crippen LogP contribution is -2.16. The van der Waals surface area contributed by atoms with E-state index in [2.05, 4.69) is 15.3 Å². The molecule has 24 heavy (non-hydrogen) atoms. The summed E-state index contributed by atoms with van der Waals surface area (Å²) in [7, 11) is 1.31. The number of nitrogens with zero attached hydrogens (tertiary/aromatic N) is 2. The second-order valence-corrected chi connectivity index (χ2v) is 5.17. The zero-order valence-corrected chi connectivity index (χ0v) is 13.2. The number of nitrogens with one attached hydrogen (secondary N) is 1. The maximum atomic E-state index is 12.4. The minimum absolute atomic E-state index is 0.216. The third-order valence-corrected chi connectivity index (χ3v) is 3.51. The Morgan fingerprint density at radius 2 is 1.75 bits per heavy atom. The summed E-state index contributed by atoms with van der Waals surface area (Å²) in [5, 5.41) is 2.78. The SMILES string of the molecule is COC(=O)c1ccc2nc(C)c(C(=O)Nc3ccccc3)nc2c1. The molecule has 6 heteroatoms. The fourth-order valence-electron chi connectivity index (χ4n) is 2.31. The van der Waals surface area contributed by atoms with E-state index in [1.54, 1.807) is 37.3 Å². The maximum Gasteiger partial charge on any atom is 0.337 e. The van der Waals surface area contributed by atoms with Gasteiger partial charge in [-0.15, -0.1) is 0 Å². The van der Waals surface area contributed by atoms with E-state index in [0.29, 0.717) is 28.0 Å². The number of rotatable bonds is 3. The van der Waals surface area contributed by atoms with Crippen molar-refractivity contribution in [1.82, 2.24) is 9.97 Å². The van der Waals surface area contributed by atoms with Crippen LogP contribution >= 0.6 is 0 Å². The van der Waals surface area contributed by atoms with Crippen LogP contribution in [0.3, 0.4) is 0 Å². The summed E-state index contributed by atoms with van der Waals surface area (Å²) in [6.45, 7) is 1.72. The van der Waals surface area contributed by atoms with E-state index >= 15 is 0 Å². The van der Waals surface area contributed by atoms with Gasteiger partial charge in [-0.25, -0.2) is 14.8 Å². The highest BCUT2D eigenvalue weighted by atomic mass is 16.5. The largest absolute Gasteiger partial charge is 0.465 e. The molecule has 0 aliphatic heterocycles. The number of methoxy groups -OCH3 is 1. The molecule has 0 radical (unpaired) electrons. The molecule has 0 aliphatic carbocycles. The number of aromatic nitrogens is 2. The predicted molar refractivity (Wildman–Crippen MR) is 90.0 cm³/mol. The van der Waals surface area contributed by atoms with Gasteiger partial charge in [-0.2, -0.15) is 0 Å². The average Bonchev–Trinajstić information content (AvgIpc) is 2.60. The zero-order valence-electron chi connectivity index (χ0n) is 13.2. The molecule has 1 heterocycles. The molecule has 1 amide bonds. The van der Waals surface area contributed by atoms with Crippen molar-refractivity contribution in [2.75, 3.05) is 12.4 Å². The molecular weight excluding hydrogens is 306 g/mol. The summed E-state index contributed by atoms with van der Waals surface area (Å²) in [5.41, 5.74) is 2.83. The Labute approximate surface area is 138 Å². The molecule has 0 bridgehead atoms. The summed E-state index contributed by atoms with van der Waals surface area (Å²) < 4.78 is 4.70. The average molecular weight is 321 g/mol. The van der Waals surface area contributed by atoms with Gasteiger partial charge in [-0.1, -0.05) is 18.2 Å². The summed E-state index contributed by atoms with van der Waals surface area (Å²) >= 11 is 0. The smallest absolute Gasteiger partial charge is 0.337 e. The first-order valence-corrected chi connectivity index (χ1v) is 7.31. The Balaban J connectivity index is 1.99. The number of esters is 1. The van der Waals surface area contributed by atoms with Gasteiger partial charge < -0.3 is 10.1 Å². The van der Waals surface area contributed by atoms with E-state index in [-0.39, 0.29) is 11.6 Å². The predicted octanol–water partition coefficient (Wildman–Crippen LogP) is 2.98. The van der Waals surface area contributed by atoms with Crippen LogP contribution in [0, 0.1) is 6.92 Å². The number of ether oxygens (including phenoxy) is 1. The highest BCUT2D eigenvalue weighted by Crippen LogP contribution is 2.17. The van der Waals surface area contributed by atoms with E-state index in [1.165, 1.54) is 7.11 Å². The van der Waals surface area contributed by atoms with Gasteiger partial charge in [0.2, 0.25) is 0 Å². The third-order valence-electron chi connectivity index (χ3n) is 3.51. The van der Waals surface area contributed by atoms with Crippen LogP contribution in [-0.4, -0.2) is 29.0 Å². The summed E-state index contributed by atoms with van der Waals surface area (Å²) in [6, 6.07) is 14.0. The van der Waals surface area contributed by atoms with Crippen LogP contribution in [0.15, 0.2) is 48.5 Å². The Morgan fingerprint density at radius 3 is 2.46 bits per heavy atom. The van der Waals surface area contributed by atoms with E-state index in [0.717, 1.165) is 0 Å². The maximum absolute atomic E-state index is 12.4. The molecule has 0 aliphatic rings. The van der Waals surface area contributed by atoms with Gasteiger partial charge in [-0.05, 0) is 37.3 Å². The molecule has 0 saturated heterocycles. The molecule has 0 spiro atoms. The molecule has 0 saturated carbocycles. The molecule has 120 valence electrons. The number of hydrogen-bond acceptors (Lipinski definition) is 5. The Hall–Kier alpha value is -3.28. The molecule has 3 aromatic rings. The Kier molecular flexibility index (Phi) is 4.20. The van der Waals surface area contributed by atoms with E-state index < -0.39 is 5.97 Å². The van der Waals surface area contributed by atoms with Crippen LogP contribution in [0.1, 0.15) is 26.5 Å². The van der Waals surface area contributed by atoms with Crippen molar-refractivity contribution < 1.29 is 14.3 Å². The number of fused-ring (bicyclic) bond motifs is 1. The monoisotopic (exact) mass is 321 g/mol. The van der Waals surface area contributed by atoms with Crippen molar-refractivity contribution >= 4 is 28.6 Å². The quantitative estimate of drug-likeness (QED) is 0.750. The number of amides is 1. The lowest BCUT2D eigenvalue weighted by atomic mass is 10.1. The summed E-state index contributed by atoms with van der Waals surface area (Å²) in [4.78, 5) is 32.8. The summed E-state index contributed by atoms with van der Waals surface area (Å²) in [6.07, 6.45) is 0. The Morgan fingerprint density at radius 1 is 1.00 bits per heavy atom. The Bertz CT molecular complexity index is 923. The minimum Gasteiger partial charge on any atom is -0.465 e. The number of benzene rings is 2. The van der Waals surface area contributed by atoms with Gasteiger partial charge in [0.25, 0.3) is 5.91 Å². The van der Waals surface area contributed by atoms with E-state index in [4.69, 9.17) is 4.74 Å². The van der Waals surface area contributed by atoms with Crippen molar-refractivity contribution in [1.29, 1.82) is 0 Å². The first-order valence-electron chi connectivity index (χ1n) is 7.31. The minimum atomic E-state index is -0.463. The lowest BCUT2D eigenvalue weighted by molar-refractivity contribution is 0.0601. The van der Waals surface area contributed by atoms with Gasteiger partial charge in [0.05, 0.1) is 29.4 Å².